The highest BCUT2D eigenvalue weighted by atomic mass is 79.9. The van der Waals surface area contributed by atoms with E-state index in [1.807, 2.05) is 0 Å². The SMILES string of the molecule is CCCNCC1CCC1N(C)Cc1csc(Br)c1. The molecule has 2 unspecified atom stereocenters. The maximum absolute atomic E-state index is 3.56. The number of nitrogens with one attached hydrogen (secondary N) is 1. The maximum Gasteiger partial charge on any atom is 0.0701 e. The maximum atomic E-state index is 3.56. The topological polar surface area (TPSA) is 15.3 Å². The highest BCUT2D eigenvalue weighted by molar-refractivity contribution is 9.11. The Bertz CT molecular complexity index is 366. The first-order valence-electron chi connectivity index (χ1n) is 6.84. The van der Waals surface area contributed by atoms with Crippen LogP contribution in [0.15, 0.2) is 15.2 Å². The van der Waals surface area contributed by atoms with Crippen molar-refractivity contribution in [2.45, 2.75) is 38.8 Å². The first kappa shape index (κ1) is 14.5. The number of rotatable bonds is 7. The lowest BCUT2D eigenvalue weighted by atomic mass is 9.78. The second kappa shape index (κ2) is 7.04. The summed E-state index contributed by atoms with van der Waals surface area (Å²) in [6, 6.07) is 3.01. The van der Waals surface area contributed by atoms with Crippen LogP contribution in [-0.2, 0) is 6.54 Å². The van der Waals surface area contributed by atoms with Gasteiger partial charge in [-0.05, 0) is 78.3 Å². The molecule has 1 aromatic rings. The van der Waals surface area contributed by atoms with Gasteiger partial charge in [-0.1, -0.05) is 6.92 Å². The summed E-state index contributed by atoms with van der Waals surface area (Å²) in [4.78, 5) is 2.52. The smallest absolute Gasteiger partial charge is 0.0701 e. The van der Waals surface area contributed by atoms with Crippen LogP contribution < -0.4 is 5.32 Å². The molecule has 102 valence electrons. The average molecular weight is 331 g/mol. The molecule has 4 heteroatoms. The lowest BCUT2D eigenvalue weighted by Crippen LogP contribution is -2.48. The van der Waals surface area contributed by atoms with Crippen molar-refractivity contribution in [1.29, 1.82) is 0 Å². The fraction of sp³-hybridized carbons (Fsp3) is 0.714. The highest BCUT2D eigenvalue weighted by Gasteiger charge is 2.33. The van der Waals surface area contributed by atoms with Crippen LogP contribution in [0, 0.1) is 5.92 Å². The van der Waals surface area contributed by atoms with Crippen LogP contribution in [0.3, 0.4) is 0 Å². The van der Waals surface area contributed by atoms with Crippen LogP contribution in [0.25, 0.3) is 0 Å². The average Bonchev–Trinajstić information content (AvgIpc) is 2.68. The van der Waals surface area contributed by atoms with E-state index in [2.05, 4.69) is 51.6 Å². The van der Waals surface area contributed by atoms with E-state index in [0.29, 0.717) is 0 Å². The van der Waals surface area contributed by atoms with Gasteiger partial charge >= 0.3 is 0 Å². The van der Waals surface area contributed by atoms with Crippen LogP contribution in [0.4, 0.5) is 0 Å². The van der Waals surface area contributed by atoms with Gasteiger partial charge in [0.15, 0.2) is 0 Å². The van der Waals surface area contributed by atoms with E-state index in [-0.39, 0.29) is 0 Å². The minimum Gasteiger partial charge on any atom is -0.316 e. The molecular formula is C14H23BrN2S. The predicted molar refractivity (Wildman–Crippen MR) is 83.2 cm³/mol. The molecular weight excluding hydrogens is 308 g/mol. The van der Waals surface area contributed by atoms with Crippen LogP contribution in [0.1, 0.15) is 31.7 Å². The summed E-state index contributed by atoms with van der Waals surface area (Å²) < 4.78 is 1.24. The zero-order chi connectivity index (χ0) is 13.0. The van der Waals surface area contributed by atoms with E-state index in [1.54, 1.807) is 11.3 Å². The molecule has 0 spiro atoms. The Hall–Kier alpha value is 0.100. The zero-order valence-electron chi connectivity index (χ0n) is 11.3. The fourth-order valence-corrected chi connectivity index (χ4v) is 3.87. The molecule has 1 aromatic heterocycles. The lowest BCUT2D eigenvalue weighted by Gasteiger charge is -2.43. The molecule has 1 saturated carbocycles. The summed E-state index contributed by atoms with van der Waals surface area (Å²) in [6.07, 6.45) is 3.98. The van der Waals surface area contributed by atoms with Crippen molar-refractivity contribution in [2.75, 3.05) is 20.1 Å². The van der Waals surface area contributed by atoms with Gasteiger partial charge in [-0.15, -0.1) is 11.3 Å². The summed E-state index contributed by atoms with van der Waals surface area (Å²) in [7, 11) is 2.27. The minimum absolute atomic E-state index is 0.771. The van der Waals surface area contributed by atoms with Gasteiger partial charge in [0.05, 0.1) is 3.79 Å². The largest absolute Gasteiger partial charge is 0.316 e. The Balaban J connectivity index is 1.76. The second-order valence-corrected chi connectivity index (χ2v) is 7.57. The summed E-state index contributed by atoms with van der Waals surface area (Å²) >= 11 is 5.31. The van der Waals surface area contributed by atoms with Crippen molar-refractivity contribution in [3.8, 4) is 0 Å². The van der Waals surface area contributed by atoms with E-state index in [9.17, 15) is 0 Å². The number of nitrogens with zero attached hydrogens (tertiary/aromatic N) is 1. The van der Waals surface area contributed by atoms with Crippen molar-refractivity contribution in [3.63, 3.8) is 0 Å². The predicted octanol–water partition coefficient (Wildman–Crippen LogP) is 3.72. The van der Waals surface area contributed by atoms with Gasteiger partial charge in [-0.25, -0.2) is 0 Å². The molecule has 0 amide bonds. The van der Waals surface area contributed by atoms with Gasteiger partial charge in [0.1, 0.15) is 0 Å². The van der Waals surface area contributed by atoms with Gasteiger partial charge in [-0.3, -0.25) is 4.90 Å². The van der Waals surface area contributed by atoms with Crippen molar-refractivity contribution >= 4 is 27.3 Å². The Morgan fingerprint density at radius 2 is 2.33 bits per heavy atom. The Labute approximate surface area is 123 Å². The molecule has 0 bridgehead atoms. The first-order valence-corrected chi connectivity index (χ1v) is 8.51. The van der Waals surface area contributed by atoms with Crippen LogP contribution >= 0.6 is 27.3 Å². The van der Waals surface area contributed by atoms with Crippen molar-refractivity contribution in [3.05, 3.63) is 20.8 Å². The third-order valence-electron chi connectivity index (χ3n) is 3.83. The third kappa shape index (κ3) is 3.80. The number of hydrogen-bond donors (Lipinski definition) is 1. The summed E-state index contributed by atoms with van der Waals surface area (Å²) in [5, 5.41) is 5.81. The molecule has 0 saturated heterocycles. The molecule has 2 nitrogen and oxygen atoms in total. The van der Waals surface area contributed by atoms with E-state index in [1.165, 1.54) is 35.2 Å². The molecule has 0 radical (unpaired) electrons. The molecule has 1 heterocycles. The quantitative estimate of drug-likeness (QED) is 0.766. The lowest BCUT2D eigenvalue weighted by molar-refractivity contribution is 0.0783. The monoisotopic (exact) mass is 330 g/mol. The standard InChI is InChI=1S/C14H23BrN2S/c1-3-6-16-8-12-4-5-13(12)17(2)9-11-7-14(15)18-10-11/h7,10,12-13,16H,3-6,8-9H2,1-2H3. The molecule has 2 atom stereocenters. The van der Waals surface area contributed by atoms with Crippen molar-refractivity contribution in [1.82, 2.24) is 10.2 Å². The molecule has 0 aromatic carbocycles. The normalized spacial score (nSPS) is 23.3. The molecule has 1 N–H and O–H groups in total. The second-order valence-electron chi connectivity index (χ2n) is 5.28. The van der Waals surface area contributed by atoms with E-state index >= 15 is 0 Å². The third-order valence-corrected chi connectivity index (χ3v) is 5.38. The van der Waals surface area contributed by atoms with Gasteiger partial charge in [-0.2, -0.15) is 0 Å². The number of thiophene rings is 1. The molecule has 1 fully saturated rings. The van der Waals surface area contributed by atoms with Crippen LogP contribution in [0.2, 0.25) is 0 Å². The molecule has 18 heavy (non-hydrogen) atoms. The fourth-order valence-electron chi connectivity index (χ4n) is 2.67. The van der Waals surface area contributed by atoms with Crippen molar-refractivity contribution < 1.29 is 0 Å². The number of hydrogen-bond acceptors (Lipinski definition) is 3. The van der Waals surface area contributed by atoms with Crippen LogP contribution in [-0.4, -0.2) is 31.1 Å². The Kier molecular flexibility index (Phi) is 5.67. The molecule has 0 aliphatic heterocycles. The van der Waals surface area contributed by atoms with Gasteiger partial charge in [0, 0.05) is 12.6 Å². The summed E-state index contributed by atoms with van der Waals surface area (Å²) in [6.45, 7) is 5.66. The zero-order valence-corrected chi connectivity index (χ0v) is 13.7. The first-order chi connectivity index (χ1) is 8.70. The van der Waals surface area contributed by atoms with Gasteiger partial charge in [0.2, 0.25) is 0 Å². The summed E-state index contributed by atoms with van der Waals surface area (Å²) in [5.74, 6) is 0.851. The molecule has 2 rings (SSSR count). The van der Waals surface area contributed by atoms with Crippen molar-refractivity contribution in [2.24, 2.45) is 5.92 Å². The van der Waals surface area contributed by atoms with Crippen LogP contribution in [0.5, 0.6) is 0 Å². The van der Waals surface area contributed by atoms with Gasteiger partial charge in [0.25, 0.3) is 0 Å². The Morgan fingerprint density at radius 3 is 2.89 bits per heavy atom. The Morgan fingerprint density at radius 1 is 1.50 bits per heavy atom. The summed E-state index contributed by atoms with van der Waals surface area (Å²) in [5.41, 5.74) is 1.43. The molecule has 1 aliphatic carbocycles. The minimum atomic E-state index is 0.771. The number of halogens is 1. The van der Waals surface area contributed by atoms with E-state index in [0.717, 1.165) is 25.0 Å². The van der Waals surface area contributed by atoms with E-state index < -0.39 is 0 Å². The highest BCUT2D eigenvalue weighted by Crippen LogP contribution is 2.32. The van der Waals surface area contributed by atoms with Gasteiger partial charge < -0.3 is 5.32 Å². The molecule has 1 aliphatic rings. The van der Waals surface area contributed by atoms with E-state index in [4.69, 9.17) is 0 Å².